The molecule has 0 radical (unpaired) electrons. The molecule has 6 heteroatoms. The summed E-state index contributed by atoms with van der Waals surface area (Å²) >= 11 is 1.50. The van der Waals surface area contributed by atoms with Crippen LogP contribution in [0.1, 0.15) is 17.2 Å². The van der Waals surface area contributed by atoms with Crippen LogP contribution < -0.4 is 10.1 Å². The zero-order valence-corrected chi connectivity index (χ0v) is 13.1. The molecule has 1 unspecified atom stereocenters. The van der Waals surface area contributed by atoms with Gasteiger partial charge < -0.3 is 15.2 Å². The normalized spacial score (nSPS) is 11.8. The predicted octanol–water partition coefficient (Wildman–Crippen LogP) is 2.51. The van der Waals surface area contributed by atoms with Crippen LogP contribution in [0.3, 0.4) is 0 Å². The van der Waals surface area contributed by atoms with Crippen LogP contribution in [-0.2, 0) is 4.79 Å². The molecule has 1 atom stereocenters. The third-order valence-electron chi connectivity index (χ3n) is 3.01. The Bertz CT molecular complexity index is 688. The third-order valence-corrected chi connectivity index (χ3v) is 3.71. The molecular formula is C17H16N2O3S. The van der Waals surface area contributed by atoms with E-state index in [1.54, 1.807) is 30.3 Å². The van der Waals surface area contributed by atoms with E-state index in [2.05, 4.69) is 5.32 Å². The number of hydrogen-bond acceptors (Lipinski definition) is 5. The number of carbonyl (C=O) groups excluding carboxylic acids is 1. The first-order chi connectivity index (χ1) is 11.2. The van der Waals surface area contributed by atoms with Crippen molar-refractivity contribution >= 4 is 23.3 Å². The van der Waals surface area contributed by atoms with Crippen molar-refractivity contribution in [2.24, 2.45) is 0 Å². The lowest BCUT2D eigenvalue weighted by atomic mass is 10.2. The fourth-order valence-electron chi connectivity index (χ4n) is 1.80. The fourth-order valence-corrected chi connectivity index (χ4v) is 2.51. The number of rotatable bonds is 7. The summed E-state index contributed by atoms with van der Waals surface area (Å²) in [6.45, 7) is 0.172. The lowest BCUT2D eigenvalue weighted by Crippen LogP contribution is -2.26. The maximum Gasteiger partial charge on any atom is 0.244 e. The Labute approximate surface area is 138 Å². The molecule has 0 saturated heterocycles. The Morgan fingerprint density at radius 1 is 1.39 bits per heavy atom. The van der Waals surface area contributed by atoms with Gasteiger partial charge >= 0.3 is 0 Å². The Kier molecular flexibility index (Phi) is 6.36. The highest BCUT2D eigenvalue weighted by atomic mass is 32.1. The predicted molar refractivity (Wildman–Crippen MR) is 88.9 cm³/mol. The van der Waals surface area contributed by atoms with Gasteiger partial charge in [-0.05, 0) is 46.2 Å². The van der Waals surface area contributed by atoms with Crippen LogP contribution in [0.15, 0.2) is 47.2 Å². The van der Waals surface area contributed by atoms with Crippen molar-refractivity contribution in [3.63, 3.8) is 0 Å². The molecule has 23 heavy (non-hydrogen) atoms. The number of aliphatic hydroxyl groups is 1. The van der Waals surface area contributed by atoms with E-state index < -0.39 is 6.10 Å². The van der Waals surface area contributed by atoms with Crippen molar-refractivity contribution in [1.82, 2.24) is 5.32 Å². The minimum Gasteiger partial charge on any atom is -0.479 e. The molecule has 1 aromatic heterocycles. The zero-order valence-electron chi connectivity index (χ0n) is 12.3. The van der Waals surface area contributed by atoms with Crippen molar-refractivity contribution in [3.05, 3.63) is 58.3 Å². The minimum absolute atomic E-state index is 0.00402. The monoisotopic (exact) mass is 328 g/mol. The quantitative estimate of drug-likeness (QED) is 0.765. The van der Waals surface area contributed by atoms with Crippen molar-refractivity contribution in [3.8, 4) is 11.8 Å². The van der Waals surface area contributed by atoms with E-state index in [-0.39, 0.29) is 19.1 Å². The maximum atomic E-state index is 11.7. The number of aliphatic hydroxyl groups excluding tert-OH is 1. The van der Waals surface area contributed by atoms with Gasteiger partial charge in [-0.2, -0.15) is 16.6 Å². The molecule has 1 heterocycles. The van der Waals surface area contributed by atoms with Gasteiger partial charge in [-0.3, -0.25) is 4.79 Å². The van der Waals surface area contributed by atoms with E-state index >= 15 is 0 Å². The summed E-state index contributed by atoms with van der Waals surface area (Å²) in [5.41, 5.74) is 1.63. The maximum absolute atomic E-state index is 11.7. The molecule has 1 amide bonds. The highest BCUT2D eigenvalue weighted by Crippen LogP contribution is 2.15. The van der Waals surface area contributed by atoms with Gasteiger partial charge in [0.2, 0.25) is 5.91 Å². The van der Waals surface area contributed by atoms with Crippen molar-refractivity contribution in [2.45, 2.75) is 6.10 Å². The number of nitriles is 1. The van der Waals surface area contributed by atoms with E-state index in [0.29, 0.717) is 5.75 Å². The molecule has 0 aliphatic carbocycles. The van der Waals surface area contributed by atoms with Gasteiger partial charge in [-0.25, -0.2) is 0 Å². The first-order valence-corrected chi connectivity index (χ1v) is 7.89. The van der Waals surface area contributed by atoms with E-state index in [1.165, 1.54) is 17.4 Å². The number of nitrogens with one attached hydrogen (secondary N) is 1. The van der Waals surface area contributed by atoms with Gasteiger partial charge in [-0.15, -0.1) is 0 Å². The second kappa shape index (κ2) is 8.73. The molecule has 0 saturated carbocycles. The van der Waals surface area contributed by atoms with E-state index in [0.717, 1.165) is 11.1 Å². The first-order valence-electron chi connectivity index (χ1n) is 6.95. The van der Waals surface area contributed by atoms with Crippen LogP contribution in [0.2, 0.25) is 0 Å². The third kappa shape index (κ3) is 5.58. The highest BCUT2D eigenvalue weighted by Gasteiger charge is 2.08. The average Bonchev–Trinajstić information content (AvgIpc) is 3.11. The molecule has 0 bridgehead atoms. The number of ether oxygens (including phenoxy) is 1. The lowest BCUT2D eigenvalue weighted by molar-refractivity contribution is -0.116. The van der Waals surface area contributed by atoms with E-state index in [4.69, 9.17) is 10.00 Å². The Morgan fingerprint density at radius 2 is 2.17 bits per heavy atom. The summed E-state index contributed by atoms with van der Waals surface area (Å²) in [6, 6.07) is 10.8. The van der Waals surface area contributed by atoms with E-state index in [9.17, 15) is 9.90 Å². The minimum atomic E-state index is -0.699. The van der Waals surface area contributed by atoms with Gasteiger partial charge in [0, 0.05) is 12.6 Å². The van der Waals surface area contributed by atoms with Crippen LogP contribution in [0, 0.1) is 11.3 Å². The van der Waals surface area contributed by atoms with Gasteiger partial charge in [0.1, 0.15) is 11.8 Å². The standard InChI is InChI=1S/C17H16N2O3S/c18-8-9-22-15-4-1-13(2-5-15)3-6-17(21)19-11-16(20)14-7-10-23-12-14/h1-7,10,12,16,20H,9,11H2,(H,19,21)/b6-3+. The molecule has 2 N–H and O–H groups in total. The number of thiophene rings is 1. The van der Waals surface area contributed by atoms with E-state index in [1.807, 2.05) is 22.9 Å². The molecule has 0 aliphatic rings. The largest absolute Gasteiger partial charge is 0.479 e. The van der Waals surface area contributed by atoms with Crippen LogP contribution in [0.5, 0.6) is 5.75 Å². The molecule has 2 aromatic rings. The van der Waals surface area contributed by atoms with Gasteiger partial charge in [0.25, 0.3) is 0 Å². The molecule has 1 aromatic carbocycles. The SMILES string of the molecule is N#CCOc1ccc(/C=C/C(=O)NCC(O)c2ccsc2)cc1. The van der Waals surface area contributed by atoms with Crippen molar-refractivity contribution in [1.29, 1.82) is 5.26 Å². The summed E-state index contributed by atoms with van der Waals surface area (Å²) in [4.78, 5) is 11.7. The Balaban J connectivity index is 1.80. The van der Waals surface area contributed by atoms with Gasteiger partial charge in [0.05, 0.1) is 6.10 Å². The van der Waals surface area contributed by atoms with Crippen molar-refractivity contribution in [2.75, 3.05) is 13.2 Å². The van der Waals surface area contributed by atoms with Crippen LogP contribution in [-0.4, -0.2) is 24.2 Å². The molecule has 0 fully saturated rings. The molecule has 0 spiro atoms. The van der Waals surface area contributed by atoms with Crippen molar-refractivity contribution < 1.29 is 14.6 Å². The Morgan fingerprint density at radius 3 is 2.83 bits per heavy atom. The second-order valence-electron chi connectivity index (χ2n) is 4.67. The molecule has 2 rings (SSSR count). The van der Waals surface area contributed by atoms with Gasteiger partial charge in [-0.1, -0.05) is 12.1 Å². The lowest BCUT2D eigenvalue weighted by Gasteiger charge is -2.08. The summed E-state index contributed by atoms with van der Waals surface area (Å²) in [5.74, 6) is 0.330. The topological polar surface area (TPSA) is 82.3 Å². The molecular weight excluding hydrogens is 312 g/mol. The fraction of sp³-hybridized carbons (Fsp3) is 0.176. The summed E-state index contributed by atoms with van der Waals surface area (Å²) in [7, 11) is 0. The number of carbonyl (C=O) groups is 1. The van der Waals surface area contributed by atoms with Gasteiger partial charge in [0.15, 0.2) is 6.61 Å². The average molecular weight is 328 g/mol. The summed E-state index contributed by atoms with van der Waals surface area (Å²) in [5, 5.41) is 24.7. The summed E-state index contributed by atoms with van der Waals surface area (Å²) < 4.78 is 5.14. The zero-order chi connectivity index (χ0) is 16.5. The van der Waals surface area contributed by atoms with Crippen LogP contribution >= 0.6 is 11.3 Å². The number of nitrogens with zero attached hydrogens (tertiary/aromatic N) is 1. The number of benzene rings is 1. The number of amides is 1. The smallest absolute Gasteiger partial charge is 0.244 e. The Hall–Kier alpha value is -2.62. The molecule has 118 valence electrons. The second-order valence-corrected chi connectivity index (χ2v) is 5.45. The summed E-state index contributed by atoms with van der Waals surface area (Å²) in [6.07, 6.45) is 2.38. The number of hydrogen-bond donors (Lipinski definition) is 2. The highest BCUT2D eigenvalue weighted by molar-refractivity contribution is 7.07. The van der Waals surface area contributed by atoms with Crippen LogP contribution in [0.4, 0.5) is 0 Å². The first kappa shape index (κ1) is 16.7. The molecule has 0 aliphatic heterocycles. The van der Waals surface area contributed by atoms with Crippen LogP contribution in [0.25, 0.3) is 6.08 Å². The molecule has 5 nitrogen and oxygen atoms in total.